The average Bonchev–Trinajstić information content (AvgIpc) is 3.45. The molecule has 1 aromatic carbocycles. The summed E-state index contributed by atoms with van der Waals surface area (Å²) in [6.45, 7) is 3.12. The molecule has 0 spiro atoms. The van der Waals surface area contributed by atoms with Crippen molar-refractivity contribution < 1.29 is 14.3 Å². The van der Waals surface area contributed by atoms with Gasteiger partial charge in [-0.2, -0.15) is 0 Å². The predicted octanol–water partition coefficient (Wildman–Crippen LogP) is 3.23. The lowest BCUT2D eigenvalue weighted by molar-refractivity contribution is 0.0708. The van der Waals surface area contributed by atoms with Gasteiger partial charge in [-0.1, -0.05) is 0 Å². The molecule has 1 aliphatic rings. The molecule has 162 valence electrons. The zero-order valence-corrected chi connectivity index (χ0v) is 18.6. The molecule has 2 amide bonds. The van der Waals surface area contributed by atoms with Gasteiger partial charge in [0.2, 0.25) is 0 Å². The van der Waals surface area contributed by atoms with Gasteiger partial charge in [-0.05, 0) is 44.0 Å². The Balaban J connectivity index is 1.62. The molecule has 2 N–H and O–H groups in total. The molecule has 0 radical (unpaired) electrons. The Morgan fingerprint density at radius 1 is 1.29 bits per heavy atom. The van der Waals surface area contributed by atoms with Crippen molar-refractivity contribution in [3.8, 4) is 17.0 Å². The van der Waals surface area contributed by atoms with Gasteiger partial charge in [0.25, 0.3) is 11.8 Å². The highest BCUT2D eigenvalue weighted by molar-refractivity contribution is 7.11. The Morgan fingerprint density at radius 3 is 2.71 bits per heavy atom. The highest BCUT2D eigenvalue weighted by atomic mass is 32.1. The van der Waals surface area contributed by atoms with Crippen LogP contribution in [0.3, 0.4) is 0 Å². The van der Waals surface area contributed by atoms with E-state index < -0.39 is 0 Å². The largest absolute Gasteiger partial charge is 0.497 e. The number of amides is 2. The standard InChI is InChI=1S/C22H25N5O3S/c1-13-19(31-12-24-13)22(29)27-10-4-5-15(11-27)20-25-17(18(26-20)21(28)23-2)14-6-8-16(30-3)9-7-14/h6-9,12,15H,4-5,10-11H2,1-3H3,(H,23,28)(H,25,26)/t15-/m0/s1. The summed E-state index contributed by atoms with van der Waals surface area (Å²) < 4.78 is 5.23. The molecule has 3 aromatic rings. The SMILES string of the molecule is CNC(=O)c1[nH]c([C@H]2CCCN(C(=O)c3scnc3C)C2)nc1-c1ccc(OC)cc1. The number of imidazole rings is 1. The molecule has 1 atom stereocenters. The summed E-state index contributed by atoms with van der Waals surface area (Å²) in [4.78, 5) is 40.3. The van der Waals surface area contributed by atoms with Gasteiger partial charge in [0.05, 0.1) is 18.3 Å². The summed E-state index contributed by atoms with van der Waals surface area (Å²) in [5.41, 5.74) is 4.31. The van der Waals surface area contributed by atoms with Crippen LogP contribution in [0.4, 0.5) is 0 Å². The van der Waals surface area contributed by atoms with Gasteiger partial charge in [-0.25, -0.2) is 9.97 Å². The van der Waals surface area contributed by atoms with Crippen molar-refractivity contribution in [2.45, 2.75) is 25.7 Å². The number of nitrogens with one attached hydrogen (secondary N) is 2. The third-order valence-corrected chi connectivity index (χ3v) is 6.49. The van der Waals surface area contributed by atoms with E-state index >= 15 is 0 Å². The number of aromatic amines is 1. The van der Waals surface area contributed by atoms with Crippen LogP contribution in [-0.2, 0) is 0 Å². The lowest BCUT2D eigenvalue weighted by Crippen LogP contribution is -2.39. The molecule has 0 unspecified atom stereocenters. The van der Waals surface area contributed by atoms with E-state index in [0.29, 0.717) is 29.4 Å². The van der Waals surface area contributed by atoms with E-state index in [0.717, 1.165) is 35.7 Å². The van der Waals surface area contributed by atoms with E-state index in [2.05, 4.69) is 15.3 Å². The molecule has 1 saturated heterocycles. The number of H-pyrrole nitrogens is 1. The lowest BCUT2D eigenvalue weighted by atomic mass is 9.97. The molecule has 3 heterocycles. The molecule has 4 rings (SSSR count). The van der Waals surface area contributed by atoms with E-state index in [1.807, 2.05) is 36.1 Å². The van der Waals surface area contributed by atoms with Gasteiger partial charge in [0.1, 0.15) is 27.8 Å². The maximum Gasteiger partial charge on any atom is 0.269 e. The summed E-state index contributed by atoms with van der Waals surface area (Å²) in [6, 6.07) is 7.45. The number of aryl methyl sites for hydroxylation is 1. The fraction of sp³-hybridized carbons (Fsp3) is 0.364. The molecule has 8 nitrogen and oxygen atoms in total. The first-order chi connectivity index (χ1) is 15.0. The van der Waals surface area contributed by atoms with Crippen molar-refractivity contribution in [2.24, 2.45) is 0 Å². The number of benzene rings is 1. The first kappa shape index (κ1) is 21.0. The topological polar surface area (TPSA) is 100 Å². The van der Waals surface area contributed by atoms with Gasteiger partial charge in [0, 0.05) is 31.6 Å². The second-order valence-corrected chi connectivity index (χ2v) is 8.37. The van der Waals surface area contributed by atoms with Crippen LogP contribution in [0.5, 0.6) is 5.75 Å². The van der Waals surface area contributed by atoms with Crippen LogP contribution < -0.4 is 10.1 Å². The number of hydrogen-bond acceptors (Lipinski definition) is 6. The number of piperidine rings is 1. The normalized spacial score (nSPS) is 16.2. The minimum absolute atomic E-state index is 0.0122. The highest BCUT2D eigenvalue weighted by Gasteiger charge is 2.30. The highest BCUT2D eigenvalue weighted by Crippen LogP contribution is 2.31. The molecule has 0 saturated carbocycles. The zero-order valence-electron chi connectivity index (χ0n) is 17.8. The van der Waals surface area contributed by atoms with Crippen LogP contribution >= 0.6 is 11.3 Å². The summed E-state index contributed by atoms with van der Waals surface area (Å²) in [5.74, 6) is 1.27. The van der Waals surface area contributed by atoms with Crippen LogP contribution in [0, 0.1) is 6.92 Å². The molecule has 0 aliphatic carbocycles. The maximum atomic E-state index is 13.0. The summed E-state index contributed by atoms with van der Waals surface area (Å²) >= 11 is 1.37. The van der Waals surface area contributed by atoms with Crippen LogP contribution in [0.15, 0.2) is 29.8 Å². The number of hydrogen-bond donors (Lipinski definition) is 2. The first-order valence-electron chi connectivity index (χ1n) is 10.2. The number of likely N-dealkylation sites (tertiary alicyclic amines) is 1. The van der Waals surface area contributed by atoms with Gasteiger partial charge in [-0.15, -0.1) is 11.3 Å². The van der Waals surface area contributed by atoms with Crippen LogP contribution in [-0.4, -0.2) is 58.9 Å². The van der Waals surface area contributed by atoms with E-state index in [4.69, 9.17) is 9.72 Å². The van der Waals surface area contributed by atoms with Crippen LogP contribution in [0.25, 0.3) is 11.3 Å². The summed E-state index contributed by atoms with van der Waals surface area (Å²) in [5, 5.41) is 2.68. The molecule has 31 heavy (non-hydrogen) atoms. The number of rotatable bonds is 5. The van der Waals surface area contributed by atoms with Crippen molar-refractivity contribution in [3.05, 3.63) is 51.9 Å². The average molecular weight is 440 g/mol. The molecule has 0 bridgehead atoms. The number of thiazole rings is 1. The van der Waals surface area contributed by atoms with Crippen molar-refractivity contribution in [2.75, 3.05) is 27.2 Å². The van der Waals surface area contributed by atoms with Crippen molar-refractivity contribution in [1.82, 2.24) is 25.2 Å². The molecule has 2 aromatic heterocycles. The van der Waals surface area contributed by atoms with E-state index in [1.54, 1.807) is 19.7 Å². The second-order valence-electron chi connectivity index (χ2n) is 7.51. The summed E-state index contributed by atoms with van der Waals surface area (Å²) in [7, 11) is 3.21. The fourth-order valence-electron chi connectivity index (χ4n) is 3.87. The molecular weight excluding hydrogens is 414 g/mol. The van der Waals surface area contributed by atoms with Gasteiger partial charge in [0.15, 0.2) is 0 Å². The van der Waals surface area contributed by atoms with Gasteiger partial charge < -0.3 is 19.9 Å². The Hall–Kier alpha value is -3.20. The molecule has 1 aliphatic heterocycles. The minimum atomic E-state index is -0.228. The lowest BCUT2D eigenvalue weighted by Gasteiger charge is -2.31. The second kappa shape index (κ2) is 8.89. The summed E-state index contributed by atoms with van der Waals surface area (Å²) in [6.07, 6.45) is 1.77. The first-order valence-corrected chi connectivity index (χ1v) is 11.1. The van der Waals surface area contributed by atoms with Crippen molar-refractivity contribution >= 4 is 23.2 Å². The predicted molar refractivity (Wildman–Crippen MR) is 119 cm³/mol. The number of nitrogens with zero attached hydrogens (tertiary/aromatic N) is 3. The van der Waals surface area contributed by atoms with E-state index in [9.17, 15) is 9.59 Å². The Bertz CT molecular complexity index is 1090. The zero-order chi connectivity index (χ0) is 22.0. The van der Waals surface area contributed by atoms with Crippen molar-refractivity contribution in [3.63, 3.8) is 0 Å². The molecule has 1 fully saturated rings. The number of carbonyl (C=O) groups is 2. The Labute approximate surface area is 184 Å². The van der Waals surface area contributed by atoms with Gasteiger partial charge in [-0.3, -0.25) is 9.59 Å². The smallest absolute Gasteiger partial charge is 0.269 e. The van der Waals surface area contributed by atoms with E-state index in [1.165, 1.54) is 11.3 Å². The maximum absolute atomic E-state index is 13.0. The third kappa shape index (κ3) is 4.18. The van der Waals surface area contributed by atoms with Crippen LogP contribution in [0.2, 0.25) is 0 Å². The number of ether oxygens (including phenoxy) is 1. The number of carbonyl (C=O) groups excluding carboxylic acids is 2. The van der Waals surface area contributed by atoms with Crippen LogP contribution in [0.1, 0.15) is 50.4 Å². The minimum Gasteiger partial charge on any atom is -0.497 e. The molecular formula is C22H25N5O3S. The third-order valence-electron chi connectivity index (χ3n) is 5.57. The Morgan fingerprint density at radius 2 is 2.06 bits per heavy atom. The van der Waals surface area contributed by atoms with E-state index in [-0.39, 0.29) is 17.7 Å². The Kier molecular flexibility index (Phi) is 6.03. The number of aromatic nitrogens is 3. The van der Waals surface area contributed by atoms with Crippen molar-refractivity contribution in [1.29, 1.82) is 0 Å². The molecule has 9 heteroatoms. The fourth-order valence-corrected chi connectivity index (χ4v) is 4.64. The monoisotopic (exact) mass is 439 g/mol. The van der Waals surface area contributed by atoms with Gasteiger partial charge >= 0.3 is 0 Å². The quantitative estimate of drug-likeness (QED) is 0.636. The number of methoxy groups -OCH3 is 1.